The summed E-state index contributed by atoms with van der Waals surface area (Å²) in [5.74, 6) is 1.36. The number of rotatable bonds is 8. The van der Waals surface area contributed by atoms with Gasteiger partial charge in [0.1, 0.15) is 11.1 Å². The average Bonchev–Trinajstić information content (AvgIpc) is 3.10. The largest absolute Gasteiger partial charge is 0.354 e. The van der Waals surface area contributed by atoms with Crippen molar-refractivity contribution in [2.45, 2.75) is 30.5 Å². The molecule has 0 aliphatic carbocycles. The maximum absolute atomic E-state index is 13.0. The Hall–Kier alpha value is -2.53. The molecule has 0 saturated carbocycles. The third kappa shape index (κ3) is 5.47. The summed E-state index contributed by atoms with van der Waals surface area (Å²) < 4.78 is 2.12. The van der Waals surface area contributed by atoms with Crippen molar-refractivity contribution < 1.29 is 4.79 Å². The van der Waals surface area contributed by atoms with Crippen LogP contribution in [0, 0.1) is 12.8 Å². The first-order valence-electron chi connectivity index (χ1n) is 9.15. The maximum Gasteiger partial charge on any atom is 0.238 e. The average molecular weight is 380 g/mol. The minimum absolute atomic E-state index is 0.0456. The smallest absolute Gasteiger partial charge is 0.238 e. The monoisotopic (exact) mass is 379 g/mol. The molecule has 1 heterocycles. The zero-order valence-electron chi connectivity index (χ0n) is 15.7. The first kappa shape index (κ1) is 19.2. The number of nitrogens with one attached hydrogen (secondary N) is 1. The van der Waals surface area contributed by atoms with Gasteiger partial charge in [0.25, 0.3) is 0 Å². The van der Waals surface area contributed by atoms with E-state index >= 15 is 0 Å². The molecule has 3 rings (SSSR count). The van der Waals surface area contributed by atoms with Gasteiger partial charge in [-0.15, -0.1) is 11.8 Å². The van der Waals surface area contributed by atoms with Crippen LogP contribution in [0.15, 0.2) is 78.0 Å². The lowest BCUT2D eigenvalue weighted by atomic mass is 10.1. The fraction of sp³-hybridized carbons (Fsp3) is 0.273. The Balaban J connectivity index is 1.65. The minimum Gasteiger partial charge on any atom is -0.354 e. The molecule has 0 radical (unpaired) electrons. The number of carbonyl (C=O) groups excluding carboxylic acids is 1. The summed E-state index contributed by atoms with van der Waals surface area (Å²) in [6.07, 6.45) is 3.79. The zero-order valence-corrected chi connectivity index (χ0v) is 16.5. The summed E-state index contributed by atoms with van der Waals surface area (Å²) in [5, 5.41) is 2.87. The molecule has 0 spiro atoms. The summed E-state index contributed by atoms with van der Waals surface area (Å²) >= 11 is 1.58. The molecular weight excluding hydrogens is 354 g/mol. The zero-order chi connectivity index (χ0) is 19.1. The van der Waals surface area contributed by atoms with E-state index in [1.54, 1.807) is 11.8 Å². The lowest BCUT2D eigenvalue weighted by Crippen LogP contribution is -2.33. The summed E-state index contributed by atoms with van der Waals surface area (Å²) in [4.78, 5) is 18.3. The Labute approximate surface area is 165 Å². The van der Waals surface area contributed by atoms with E-state index in [0.717, 1.165) is 22.8 Å². The van der Waals surface area contributed by atoms with Crippen molar-refractivity contribution in [1.82, 2.24) is 14.9 Å². The third-order valence-corrected chi connectivity index (χ3v) is 5.66. The molecular formula is C22H25N3OS. The highest BCUT2D eigenvalue weighted by molar-refractivity contribution is 8.00. The number of aryl methyl sites for hydroxylation is 1. The Bertz CT molecular complexity index is 848. The molecule has 0 saturated heterocycles. The van der Waals surface area contributed by atoms with Crippen LogP contribution in [-0.4, -0.2) is 22.0 Å². The van der Waals surface area contributed by atoms with Crippen molar-refractivity contribution in [3.63, 3.8) is 0 Å². The predicted molar refractivity (Wildman–Crippen MR) is 111 cm³/mol. The molecule has 0 aliphatic rings. The van der Waals surface area contributed by atoms with Crippen LogP contribution in [0.5, 0.6) is 0 Å². The maximum atomic E-state index is 13.0. The molecule has 1 aromatic heterocycles. The van der Waals surface area contributed by atoms with E-state index in [1.807, 2.05) is 80.0 Å². The van der Waals surface area contributed by atoms with Crippen LogP contribution in [0.2, 0.25) is 0 Å². The van der Waals surface area contributed by atoms with Gasteiger partial charge in [0.2, 0.25) is 5.91 Å². The lowest BCUT2D eigenvalue weighted by Gasteiger charge is -2.19. The highest BCUT2D eigenvalue weighted by atomic mass is 32.2. The van der Waals surface area contributed by atoms with Gasteiger partial charge in [-0.25, -0.2) is 4.98 Å². The van der Waals surface area contributed by atoms with E-state index < -0.39 is 0 Å². The minimum atomic E-state index is -0.268. The Kier molecular flexibility index (Phi) is 6.71. The highest BCUT2D eigenvalue weighted by Gasteiger charge is 2.22. The summed E-state index contributed by atoms with van der Waals surface area (Å²) in [6.45, 7) is 5.61. The van der Waals surface area contributed by atoms with E-state index in [2.05, 4.69) is 21.8 Å². The second-order valence-corrected chi connectivity index (χ2v) is 7.88. The fourth-order valence-corrected chi connectivity index (χ4v) is 3.97. The number of imidazole rings is 1. The Morgan fingerprint density at radius 3 is 2.41 bits per heavy atom. The van der Waals surface area contributed by atoms with E-state index in [4.69, 9.17) is 0 Å². The second-order valence-electron chi connectivity index (χ2n) is 6.70. The fourth-order valence-electron chi connectivity index (χ4n) is 2.90. The van der Waals surface area contributed by atoms with Gasteiger partial charge in [-0.3, -0.25) is 4.79 Å². The van der Waals surface area contributed by atoms with Gasteiger partial charge < -0.3 is 9.88 Å². The SMILES string of the molecule is Cc1nccn1CC(C)CNC(=O)C(Sc1ccccc1)c1ccccc1. The van der Waals surface area contributed by atoms with E-state index in [1.165, 1.54) is 0 Å². The normalized spacial score (nSPS) is 13.1. The Morgan fingerprint density at radius 1 is 1.11 bits per heavy atom. The van der Waals surface area contributed by atoms with Crippen LogP contribution >= 0.6 is 11.8 Å². The first-order valence-corrected chi connectivity index (χ1v) is 10.0. The van der Waals surface area contributed by atoms with Gasteiger partial charge in [0.15, 0.2) is 0 Å². The van der Waals surface area contributed by atoms with Gasteiger partial charge >= 0.3 is 0 Å². The van der Waals surface area contributed by atoms with Crippen molar-refractivity contribution in [2.75, 3.05) is 6.54 Å². The second kappa shape index (κ2) is 9.42. The molecule has 140 valence electrons. The van der Waals surface area contributed by atoms with Crippen LogP contribution in [0.1, 0.15) is 23.6 Å². The van der Waals surface area contributed by atoms with Gasteiger partial charge in [0.05, 0.1) is 0 Å². The van der Waals surface area contributed by atoms with E-state index in [0.29, 0.717) is 12.5 Å². The molecule has 0 aliphatic heterocycles. The molecule has 0 bridgehead atoms. The number of carbonyl (C=O) groups is 1. The number of amides is 1. The molecule has 4 nitrogen and oxygen atoms in total. The van der Waals surface area contributed by atoms with Crippen LogP contribution in [-0.2, 0) is 11.3 Å². The van der Waals surface area contributed by atoms with Gasteiger partial charge in [0, 0.05) is 30.4 Å². The number of benzene rings is 2. The van der Waals surface area contributed by atoms with Gasteiger partial charge in [-0.1, -0.05) is 55.5 Å². The van der Waals surface area contributed by atoms with Crippen LogP contribution in [0.3, 0.4) is 0 Å². The Morgan fingerprint density at radius 2 is 1.78 bits per heavy atom. The van der Waals surface area contributed by atoms with Crippen LogP contribution in [0.25, 0.3) is 0 Å². The molecule has 1 amide bonds. The summed E-state index contributed by atoms with van der Waals surface area (Å²) in [7, 11) is 0. The van der Waals surface area contributed by atoms with Crippen molar-refractivity contribution in [2.24, 2.45) is 5.92 Å². The quantitative estimate of drug-likeness (QED) is 0.587. The van der Waals surface area contributed by atoms with E-state index in [9.17, 15) is 4.79 Å². The van der Waals surface area contributed by atoms with Crippen molar-refractivity contribution in [3.8, 4) is 0 Å². The van der Waals surface area contributed by atoms with Crippen molar-refractivity contribution in [1.29, 1.82) is 0 Å². The van der Waals surface area contributed by atoms with Gasteiger partial charge in [-0.05, 0) is 30.5 Å². The summed E-state index contributed by atoms with van der Waals surface area (Å²) in [5.41, 5.74) is 1.02. The molecule has 3 aromatic rings. The number of hydrogen-bond acceptors (Lipinski definition) is 3. The predicted octanol–water partition coefficient (Wildman–Crippen LogP) is 4.48. The number of nitrogens with zero attached hydrogens (tertiary/aromatic N) is 2. The molecule has 5 heteroatoms. The molecule has 1 N–H and O–H groups in total. The topological polar surface area (TPSA) is 46.9 Å². The van der Waals surface area contributed by atoms with Gasteiger partial charge in [-0.2, -0.15) is 0 Å². The molecule has 0 fully saturated rings. The number of thioether (sulfide) groups is 1. The van der Waals surface area contributed by atoms with Crippen molar-refractivity contribution in [3.05, 3.63) is 84.4 Å². The lowest BCUT2D eigenvalue weighted by molar-refractivity contribution is -0.120. The number of hydrogen-bond donors (Lipinski definition) is 1. The van der Waals surface area contributed by atoms with Crippen LogP contribution in [0.4, 0.5) is 0 Å². The third-order valence-electron chi connectivity index (χ3n) is 4.39. The van der Waals surface area contributed by atoms with Crippen LogP contribution < -0.4 is 5.32 Å². The standard InChI is InChI=1S/C22H25N3OS/c1-17(16-25-14-13-23-18(25)2)15-24-22(26)21(19-9-5-3-6-10-19)27-20-11-7-4-8-12-20/h3-14,17,21H,15-16H2,1-2H3,(H,24,26). The molecule has 2 aromatic carbocycles. The molecule has 2 unspecified atom stereocenters. The molecule has 2 atom stereocenters. The first-order chi connectivity index (χ1) is 13.1. The summed E-state index contributed by atoms with van der Waals surface area (Å²) in [6, 6.07) is 20.0. The van der Waals surface area contributed by atoms with E-state index in [-0.39, 0.29) is 11.2 Å². The molecule has 27 heavy (non-hydrogen) atoms. The van der Waals surface area contributed by atoms with Crippen molar-refractivity contribution >= 4 is 17.7 Å². The number of aromatic nitrogens is 2. The highest BCUT2D eigenvalue weighted by Crippen LogP contribution is 2.35.